The number of Topliss-reactive ketones (excluding diaryl/α,β-unsaturated/α-hetero) is 1. The summed E-state index contributed by atoms with van der Waals surface area (Å²) in [6.07, 6.45) is 8.00. The third-order valence-corrected chi connectivity index (χ3v) is 8.21. The standard InChI is InChI=1S/C35H36N6O2/c1-24-4-5-27(17-34(42)28-8-6-26(7-9-28)23-41-14-12-40(3)13-15-41)16-29(24)19-35-37-11-10-33(39-35)31-18-30(20-36-21-31)32-22-38-43-25(32)2/h4-11,16,18,20-22H,12-15,17,19,23H2,1-3H3. The van der Waals surface area contributed by atoms with Gasteiger partial charge < -0.3 is 9.42 Å². The summed E-state index contributed by atoms with van der Waals surface area (Å²) < 4.78 is 5.23. The molecule has 1 aliphatic heterocycles. The van der Waals surface area contributed by atoms with Crippen molar-refractivity contribution < 1.29 is 9.32 Å². The largest absolute Gasteiger partial charge is 0.361 e. The minimum atomic E-state index is 0.120. The van der Waals surface area contributed by atoms with Crippen LogP contribution in [0.5, 0.6) is 0 Å². The molecule has 2 aromatic carbocycles. The minimum Gasteiger partial charge on any atom is -0.361 e. The van der Waals surface area contributed by atoms with Crippen LogP contribution in [0.1, 0.15) is 44.2 Å². The Balaban J connectivity index is 1.13. The number of likely N-dealkylation sites (N-methyl/N-ethyl adjacent to an activating group) is 1. The van der Waals surface area contributed by atoms with Gasteiger partial charge in [0.15, 0.2) is 5.78 Å². The second kappa shape index (κ2) is 12.8. The maximum absolute atomic E-state index is 13.2. The molecule has 218 valence electrons. The highest BCUT2D eigenvalue weighted by molar-refractivity contribution is 5.97. The van der Waals surface area contributed by atoms with Gasteiger partial charge in [-0.3, -0.25) is 14.7 Å². The molecule has 6 rings (SSSR count). The smallest absolute Gasteiger partial charge is 0.167 e. The molecule has 0 spiro atoms. The maximum Gasteiger partial charge on any atom is 0.167 e. The average molecular weight is 573 g/mol. The van der Waals surface area contributed by atoms with Crippen molar-refractivity contribution in [2.24, 2.45) is 0 Å². The van der Waals surface area contributed by atoms with Gasteiger partial charge in [-0.15, -0.1) is 0 Å². The topological polar surface area (TPSA) is 88.3 Å². The fourth-order valence-corrected chi connectivity index (χ4v) is 5.49. The molecule has 8 nitrogen and oxygen atoms in total. The number of carbonyl (C=O) groups is 1. The van der Waals surface area contributed by atoms with Gasteiger partial charge in [0.2, 0.25) is 0 Å². The molecule has 0 radical (unpaired) electrons. The highest BCUT2D eigenvalue weighted by Crippen LogP contribution is 2.27. The lowest BCUT2D eigenvalue weighted by atomic mass is 9.97. The molecule has 5 aromatic rings. The minimum absolute atomic E-state index is 0.120. The number of piperazine rings is 1. The van der Waals surface area contributed by atoms with Crippen LogP contribution in [0, 0.1) is 13.8 Å². The molecule has 0 amide bonds. The van der Waals surface area contributed by atoms with E-state index in [-0.39, 0.29) is 5.78 Å². The van der Waals surface area contributed by atoms with Crippen molar-refractivity contribution in [3.8, 4) is 22.4 Å². The number of nitrogens with zero attached hydrogens (tertiary/aromatic N) is 6. The van der Waals surface area contributed by atoms with E-state index in [1.54, 1.807) is 24.8 Å². The van der Waals surface area contributed by atoms with E-state index < -0.39 is 0 Å². The second-order valence-corrected chi connectivity index (χ2v) is 11.4. The van der Waals surface area contributed by atoms with Gasteiger partial charge in [-0.05, 0) is 55.3 Å². The molecule has 1 saturated heterocycles. The van der Waals surface area contributed by atoms with Crippen molar-refractivity contribution in [3.05, 3.63) is 119 Å². The molecule has 43 heavy (non-hydrogen) atoms. The maximum atomic E-state index is 13.2. The summed E-state index contributed by atoms with van der Waals surface area (Å²) in [5.41, 5.74) is 8.77. The van der Waals surface area contributed by atoms with Crippen molar-refractivity contribution >= 4 is 5.78 Å². The Labute approximate surface area is 252 Å². The third kappa shape index (κ3) is 6.93. The number of ketones is 1. The first-order valence-electron chi connectivity index (χ1n) is 14.7. The zero-order chi connectivity index (χ0) is 29.8. The zero-order valence-electron chi connectivity index (χ0n) is 25.0. The molecule has 0 aliphatic carbocycles. The lowest BCUT2D eigenvalue weighted by Gasteiger charge is -2.32. The summed E-state index contributed by atoms with van der Waals surface area (Å²) in [4.78, 5) is 31.8. The van der Waals surface area contributed by atoms with Crippen LogP contribution >= 0.6 is 0 Å². The van der Waals surface area contributed by atoms with E-state index in [9.17, 15) is 4.79 Å². The van der Waals surface area contributed by atoms with Gasteiger partial charge >= 0.3 is 0 Å². The molecular formula is C35H36N6O2. The number of pyridine rings is 1. The summed E-state index contributed by atoms with van der Waals surface area (Å²) in [5.74, 6) is 1.58. The quantitative estimate of drug-likeness (QED) is 0.212. The summed E-state index contributed by atoms with van der Waals surface area (Å²) in [6, 6.07) is 18.3. The molecule has 4 heterocycles. The van der Waals surface area contributed by atoms with Gasteiger partial charge in [0.05, 0.1) is 11.9 Å². The van der Waals surface area contributed by atoms with Gasteiger partial charge in [0, 0.05) is 86.4 Å². The molecule has 0 atom stereocenters. The summed E-state index contributed by atoms with van der Waals surface area (Å²) in [6.45, 7) is 9.25. The number of hydrogen-bond donors (Lipinski definition) is 0. The van der Waals surface area contributed by atoms with Crippen LogP contribution in [0.15, 0.2) is 83.9 Å². The Morgan fingerprint density at radius 1 is 0.884 bits per heavy atom. The highest BCUT2D eigenvalue weighted by atomic mass is 16.5. The van der Waals surface area contributed by atoms with Crippen molar-refractivity contribution in [3.63, 3.8) is 0 Å². The number of benzene rings is 2. The third-order valence-electron chi connectivity index (χ3n) is 8.21. The first-order chi connectivity index (χ1) is 20.9. The number of hydrogen-bond acceptors (Lipinski definition) is 8. The van der Waals surface area contributed by atoms with Gasteiger partial charge in [-0.1, -0.05) is 47.6 Å². The zero-order valence-corrected chi connectivity index (χ0v) is 25.0. The van der Waals surface area contributed by atoms with Gasteiger partial charge in [0.25, 0.3) is 0 Å². The Morgan fingerprint density at radius 3 is 2.42 bits per heavy atom. The molecular weight excluding hydrogens is 536 g/mol. The van der Waals surface area contributed by atoms with E-state index in [2.05, 4.69) is 63.2 Å². The predicted octanol–water partition coefficient (Wildman–Crippen LogP) is 5.57. The fourth-order valence-electron chi connectivity index (χ4n) is 5.49. The van der Waals surface area contributed by atoms with Gasteiger partial charge in [0.1, 0.15) is 11.6 Å². The summed E-state index contributed by atoms with van der Waals surface area (Å²) in [5, 5.41) is 3.88. The Hall–Kier alpha value is -4.53. The number of aromatic nitrogens is 4. The predicted molar refractivity (Wildman–Crippen MR) is 167 cm³/mol. The van der Waals surface area contributed by atoms with Crippen LogP contribution in [0.25, 0.3) is 22.4 Å². The molecule has 3 aromatic heterocycles. The summed E-state index contributed by atoms with van der Waals surface area (Å²) >= 11 is 0. The molecule has 0 N–H and O–H groups in total. The molecule has 0 unspecified atom stereocenters. The molecule has 8 heteroatoms. The van der Waals surface area contributed by atoms with E-state index >= 15 is 0 Å². The SMILES string of the molecule is Cc1ccc(CC(=O)c2ccc(CN3CCN(C)CC3)cc2)cc1Cc1nccc(-c2cncc(-c3cnoc3C)c2)n1. The first kappa shape index (κ1) is 28.6. The van der Waals surface area contributed by atoms with Crippen LogP contribution in [0.4, 0.5) is 0 Å². The molecule has 1 fully saturated rings. The number of aryl methyl sites for hydroxylation is 2. The Bertz CT molecular complexity index is 1720. The van der Waals surface area contributed by atoms with Crippen LogP contribution in [-0.2, 0) is 19.4 Å². The van der Waals surface area contributed by atoms with Crippen molar-refractivity contribution in [1.29, 1.82) is 0 Å². The second-order valence-electron chi connectivity index (χ2n) is 11.4. The Morgan fingerprint density at radius 2 is 1.65 bits per heavy atom. The van der Waals surface area contributed by atoms with Crippen molar-refractivity contribution in [2.75, 3.05) is 33.2 Å². The normalized spacial score (nSPS) is 14.2. The fraction of sp³-hybridized carbons (Fsp3) is 0.286. The molecule has 1 aliphatic rings. The van der Waals surface area contributed by atoms with E-state index in [1.165, 1.54) is 5.56 Å². The number of rotatable bonds is 9. The first-order valence-corrected chi connectivity index (χ1v) is 14.7. The Kier molecular flexibility index (Phi) is 8.49. The molecule has 0 bridgehead atoms. The highest BCUT2D eigenvalue weighted by Gasteiger charge is 2.15. The van der Waals surface area contributed by atoms with Crippen molar-refractivity contribution in [1.82, 2.24) is 29.9 Å². The lowest BCUT2D eigenvalue weighted by molar-refractivity contribution is 0.0993. The average Bonchev–Trinajstić information content (AvgIpc) is 3.46. The van der Waals surface area contributed by atoms with E-state index in [1.807, 2.05) is 37.3 Å². The monoisotopic (exact) mass is 572 g/mol. The van der Waals surface area contributed by atoms with Gasteiger partial charge in [-0.2, -0.15) is 0 Å². The van der Waals surface area contributed by atoms with Crippen LogP contribution < -0.4 is 0 Å². The molecule has 0 saturated carbocycles. The summed E-state index contributed by atoms with van der Waals surface area (Å²) in [7, 11) is 2.17. The lowest BCUT2D eigenvalue weighted by Crippen LogP contribution is -2.43. The van der Waals surface area contributed by atoms with Gasteiger partial charge in [-0.25, -0.2) is 9.97 Å². The van der Waals surface area contributed by atoms with E-state index in [0.717, 1.165) is 83.1 Å². The van der Waals surface area contributed by atoms with Crippen LogP contribution in [0.2, 0.25) is 0 Å². The van der Waals surface area contributed by atoms with Crippen LogP contribution in [-0.4, -0.2) is 68.9 Å². The van der Waals surface area contributed by atoms with Crippen LogP contribution in [0.3, 0.4) is 0 Å². The van der Waals surface area contributed by atoms with E-state index in [4.69, 9.17) is 9.51 Å². The number of carbonyl (C=O) groups excluding carboxylic acids is 1. The van der Waals surface area contributed by atoms with E-state index in [0.29, 0.717) is 18.7 Å². The van der Waals surface area contributed by atoms with Crippen molar-refractivity contribution in [2.45, 2.75) is 33.2 Å².